The van der Waals surface area contributed by atoms with Crippen LogP contribution in [0.15, 0.2) is 12.1 Å². The van der Waals surface area contributed by atoms with Gasteiger partial charge in [-0.15, -0.1) is 0 Å². The molecular weight excluding hydrogens is 654 g/mol. The van der Waals surface area contributed by atoms with E-state index in [2.05, 4.69) is 0 Å². The topological polar surface area (TPSA) is 71.1 Å². The molecule has 0 amide bonds. The number of rotatable bonds is 11. The van der Waals surface area contributed by atoms with E-state index in [9.17, 15) is 9.13 Å². The van der Waals surface area contributed by atoms with Crippen LogP contribution < -0.4 is 13.9 Å². The minimum atomic E-state index is -3.74. The molecule has 0 bridgehead atoms. The summed E-state index contributed by atoms with van der Waals surface area (Å²) in [6.07, 6.45) is 0. The van der Waals surface area contributed by atoms with Gasteiger partial charge in [0.1, 0.15) is 0 Å². The van der Waals surface area contributed by atoms with E-state index in [1.54, 1.807) is 39.8 Å². The Morgan fingerprint density at radius 2 is 1.10 bits per heavy atom. The van der Waals surface area contributed by atoms with Crippen LogP contribution in [-0.2, 0) is 32.6 Å². The predicted molar refractivity (Wildman–Crippen MR) is 123 cm³/mol. The molecule has 11 heteroatoms. The summed E-state index contributed by atoms with van der Waals surface area (Å²) in [5.74, 6) is 0. The molecule has 6 nitrogen and oxygen atoms in total. The van der Waals surface area contributed by atoms with Crippen molar-refractivity contribution >= 4 is 65.5 Å². The minimum absolute atomic E-state index is 0.171. The molecule has 1 aromatic rings. The van der Waals surface area contributed by atoms with Crippen molar-refractivity contribution in [3.63, 3.8) is 0 Å². The van der Waals surface area contributed by atoms with E-state index < -0.39 is 34.6 Å². The number of benzene rings is 1. The molecular formula is C18H31BiCl2O6P2. The van der Waals surface area contributed by atoms with Gasteiger partial charge in [0.25, 0.3) is 0 Å². The fourth-order valence-electron chi connectivity index (χ4n) is 2.66. The van der Waals surface area contributed by atoms with Gasteiger partial charge in [-0.1, -0.05) is 0 Å². The summed E-state index contributed by atoms with van der Waals surface area (Å²) >= 11 is -3.42. The van der Waals surface area contributed by atoms with Gasteiger partial charge in [-0.25, -0.2) is 0 Å². The van der Waals surface area contributed by atoms with E-state index in [1.165, 1.54) is 0 Å². The Kier molecular flexibility index (Phi) is 11.3. The van der Waals surface area contributed by atoms with Crippen molar-refractivity contribution in [2.24, 2.45) is 0 Å². The molecule has 1 aromatic carbocycles. The summed E-state index contributed by atoms with van der Waals surface area (Å²) in [4.78, 5) is 0. The van der Waals surface area contributed by atoms with Gasteiger partial charge < -0.3 is 0 Å². The molecule has 0 saturated carbocycles. The van der Waals surface area contributed by atoms with Gasteiger partial charge in [0.05, 0.1) is 0 Å². The van der Waals surface area contributed by atoms with E-state index in [-0.39, 0.29) is 42.5 Å². The van der Waals surface area contributed by atoms with Gasteiger partial charge in [0.15, 0.2) is 0 Å². The van der Waals surface area contributed by atoms with Crippen LogP contribution in [-0.4, -0.2) is 45.8 Å². The average molecular weight is 685 g/mol. The quantitative estimate of drug-likeness (QED) is 0.243. The second-order valence-electron chi connectivity index (χ2n) is 7.01. The Hall–Kier alpha value is 0.983. The Morgan fingerprint density at radius 1 is 0.793 bits per heavy atom. The van der Waals surface area contributed by atoms with Gasteiger partial charge in [-0.2, -0.15) is 0 Å². The average Bonchev–Trinajstić information content (AvgIpc) is 2.60. The fraction of sp³-hybridized carbons (Fsp3) is 0.667. The first kappa shape index (κ1) is 28.0. The first-order chi connectivity index (χ1) is 13.4. The summed E-state index contributed by atoms with van der Waals surface area (Å²) in [5.41, 5.74) is 0.432. The summed E-state index contributed by atoms with van der Waals surface area (Å²) in [6, 6.07) is 3.50. The zero-order chi connectivity index (χ0) is 22.5. The molecule has 0 unspecified atom stereocenters. The van der Waals surface area contributed by atoms with E-state index in [1.807, 2.05) is 20.8 Å². The van der Waals surface area contributed by atoms with Gasteiger partial charge in [0.2, 0.25) is 0 Å². The van der Waals surface area contributed by atoms with Crippen molar-refractivity contribution in [2.75, 3.05) is 26.4 Å². The summed E-state index contributed by atoms with van der Waals surface area (Å²) in [6.45, 7) is 13.6. The maximum atomic E-state index is 13.7. The van der Waals surface area contributed by atoms with Crippen molar-refractivity contribution in [1.82, 2.24) is 0 Å². The van der Waals surface area contributed by atoms with Gasteiger partial charge in [-0.3, -0.25) is 0 Å². The normalized spacial score (nSPS) is 13.3. The Labute approximate surface area is 189 Å². The molecule has 0 radical (unpaired) electrons. The molecule has 168 valence electrons. The molecule has 0 N–H and O–H groups in total. The zero-order valence-corrected chi connectivity index (χ0v) is 24.8. The number of hydrogen-bond acceptors (Lipinski definition) is 6. The summed E-state index contributed by atoms with van der Waals surface area (Å²) in [5, 5.41) is 0.539. The third-order valence-corrected chi connectivity index (χ3v) is 15.8. The Balaban J connectivity index is 4.07. The molecule has 0 aromatic heterocycles. The third-order valence-electron chi connectivity index (χ3n) is 3.89. The monoisotopic (exact) mass is 684 g/mol. The fourth-order valence-corrected chi connectivity index (χ4v) is 17.9. The van der Waals surface area contributed by atoms with Crippen molar-refractivity contribution in [1.29, 1.82) is 0 Å². The van der Waals surface area contributed by atoms with E-state index in [4.69, 9.17) is 35.1 Å². The van der Waals surface area contributed by atoms with Crippen LogP contribution in [0.5, 0.6) is 0 Å². The molecule has 0 heterocycles. The molecule has 0 aliphatic heterocycles. The molecule has 0 spiro atoms. The Morgan fingerprint density at radius 3 is 1.31 bits per heavy atom. The number of halogens is 2. The van der Waals surface area contributed by atoms with Crippen LogP contribution in [0.2, 0.25) is 0 Å². The van der Waals surface area contributed by atoms with Crippen LogP contribution in [0.3, 0.4) is 0 Å². The Bertz CT molecular complexity index is 711. The molecule has 0 saturated heterocycles. The van der Waals surface area contributed by atoms with Gasteiger partial charge in [0, 0.05) is 0 Å². The van der Waals surface area contributed by atoms with Crippen molar-refractivity contribution in [3.05, 3.63) is 17.7 Å². The van der Waals surface area contributed by atoms with Gasteiger partial charge >= 0.3 is 191 Å². The van der Waals surface area contributed by atoms with Crippen LogP contribution in [0, 0.1) is 0 Å². The van der Waals surface area contributed by atoms with Crippen LogP contribution in [0.25, 0.3) is 0 Å². The van der Waals surface area contributed by atoms with Crippen LogP contribution in [0.1, 0.15) is 54.0 Å². The first-order valence-corrected chi connectivity index (χ1v) is 22.9. The van der Waals surface area contributed by atoms with E-state index in [0.717, 1.165) is 5.56 Å². The van der Waals surface area contributed by atoms with Crippen molar-refractivity contribution < 1.29 is 27.2 Å². The second kappa shape index (κ2) is 11.7. The van der Waals surface area contributed by atoms with Crippen LogP contribution >= 0.6 is 32.2 Å². The predicted octanol–water partition coefficient (Wildman–Crippen LogP) is 4.94. The molecule has 0 aliphatic carbocycles. The SMILES string of the molecule is CCOP(=O)(OCC)c1cc(C(C)(C)C)cc(P(=O)(OCC)OCC)[c]1[Bi]([Cl])[Cl]. The molecule has 29 heavy (non-hydrogen) atoms. The first-order valence-electron chi connectivity index (χ1n) is 9.49. The maximum absolute atomic E-state index is 13.7. The molecule has 0 atom stereocenters. The zero-order valence-electron chi connectivity index (χ0n) is 18.0. The van der Waals surface area contributed by atoms with E-state index in [0.29, 0.717) is 3.27 Å². The summed E-state index contributed by atoms with van der Waals surface area (Å²) in [7, 11) is 5.51. The molecule has 1 rings (SSSR count). The van der Waals surface area contributed by atoms with Gasteiger partial charge in [-0.05, 0) is 0 Å². The molecule has 0 aliphatic rings. The molecule has 0 fully saturated rings. The summed E-state index contributed by atoms with van der Waals surface area (Å²) < 4.78 is 50.1. The van der Waals surface area contributed by atoms with Crippen molar-refractivity contribution in [3.8, 4) is 0 Å². The van der Waals surface area contributed by atoms with E-state index >= 15 is 0 Å². The second-order valence-corrected chi connectivity index (χ2v) is 22.0. The third kappa shape index (κ3) is 6.98. The number of hydrogen-bond donors (Lipinski definition) is 0. The standard InChI is InChI=1S/C18H31O6P2.Bi.2ClH/c1-8-21-25(19,22-9-2)16-12-15(18(5,6)7)13-17(14-16)26(20,23-10-3)24-11-4;;;/h12-13H,8-11H2,1-7H3;;2*1H/q;+2;;/p-2. The van der Waals surface area contributed by atoms with Crippen LogP contribution in [0.4, 0.5) is 0 Å². The van der Waals surface area contributed by atoms with Crippen molar-refractivity contribution in [2.45, 2.75) is 53.9 Å².